The summed E-state index contributed by atoms with van der Waals surface area (Å²) in [6.07, 6.45) is 1.26. The number of hydrogen-bond acceptors (Lipinski definition) is 2. The lowest BCUT2D eigenvalue weighted by molar-refractivity contribution is 0.287. The van der Waals surface area contributed by atoms with Crippen molar-refractivity contribution in [2.45, 2.75) is 27.2 Å². The average Bonchev–Trinajstić information content (AvgIpc) is 2.70. The van der Waals surface area contributed by atoms with Crippen LogP contribution in [0.1, 0.15) is 27.2 Å². The van der Waals surface area contributed by atoms with Crippen molar-refractivity contribution in [3.63, 3.8) is 0 Å². The van der Waals surface area contributed by atoms with Crippen molar-refractivity contribution in [2.75, 3.05) is 32.7 Å². The maximum atomic E-state index is 5.80. The Hall–Kier alpha value is -1.03. The molecule has 4 nitrogen and oxygen atoms in total. The number of nitrogens with zero attached hydrogens (tertiary/aromatic N) is 2. The highest BCUT2D eigenvalue weighted by atomic mass is 15.2. The zero-order valence-corrected chi connectivity index (χ0v) is 12.1. The third-order valence-corrected chi connectivity index (χ3v) is 3.08. The fourth-order valence-corrected chi connectivity index (χ4v) is 2.29. The van der Waals surface area contributed by atoms with Crippen molar-refractivity contribution in [1.29, 1.82) is 0 Å². The predicted molar refractivity (Wildman–Crippen MR) is 78.7 cm³/mol. The van der Waals surface area contributed by atoms with Gasteiger partial charge in [-0.25, -0.2) is 4.99 Å². The van der Waals surface area contributed by atoms with Crippen molar-refractivity contribution in [3.05, 3.63) is 12.2 Å². The Morgan fingerprint density at radius 2 is 2.28 bits per heavy atom. The van der Waals surface area contributed by atoms with E-state index in [4.69, 9.17) is 5.73 Å². The van der Waals surface area contributed by atoms with Crippen molar-refractivity contribution in [1.82, 2.24) is 10.2 Å². The van der Waals surface area contributed by atoms with E-state index in [1.54, 1.807) is 0 Å². The van der Waals surface area contributed by atoms with Gasteiger partial charge in [0.15, 0.2) is 5.96 Å². The van der Waals surface area contributed by atoms with E-state index < -0.39 is 0 Å². The summed E-state index contributed by atoms with van der Waals surface area (Å²) >= 11 is 0. The Balaban J connectivity index is 2.21. The smallest absolute Gasteiger partial charge is 0.188 e. The van der Waals surface area contributed by atoms with Crippen LogP contribution in [0.5, 0.6) is 0 Å². The maximum Gasteiger partial charge on any atom is 0.188 e. The van der Waals surface area contributed by atoms with E-state index in [2.05, 4.69) is 35.6 Å². The van der Waals surface area contributed by atoms with Crippen LogP contribution in [-0.4, -0.2) is 43.6 Å². The minimum atomic E-state index is 0.542. The molecule has 0 aromatic carbocycles. The summed E-state index contributed by atoms with van der Waals surface area (Å²) in [6, 6.07) is 0. The summed E-state index contributed by atoms with van der Waals surface area (Å²) in [5.41, 5.74) is 6.83. The summed E-state index contributed by atoms with van der Waals surface area (Å²) in [5, 5.41) is 3.21. The Kier molecular flexibility index (Phi) is 6.19. The number of hydrogen-bond donors (Lipinski definition) is 2. The van der Waals surface area contributed by atoms with Crippen LogP contribution in [0.15, 0.2) is 17.1 Å². The van der Waals surface area contributed by atoms with Crippen LogP contribution in [0, 0.1) is 11.8 Å². The predicted octanol–water partition coefficient (Wildman–Crippen LogP) is 1.44. The van der Waals surface area contributed by atoms with Gasteiger partial charge in [0.25, 0.3) is 0 Å². The van der Waals surface area contributed by atoms with Gasteiger partial charge in [-0.05, 0) is 31.7 Å². The van der Waals surface area contributed by atoms with E-state index in [-0.39, 0.29) is 0 Å². The third kappa shape index (κ3) is 6.05. The van der Waals surface area contributed by atoms with E-state index in [1.165, 1.54) is 26.1 Å². The second-order valence-corrected chi connectivity index (χ2v) is 5.85. The monoisotopic (exact) mass is 252 g/mol. The molecule has 0 bridgehead atoms. The van der Waals surface area contributed by atoms with Gasteiger partial charge in [0.2, 0.25) is 0 Å². The van der Waals surface area contributed by atoms with E-state index in [0.29, 0.717) is 18.4 Å². The maximum absolute atomic E-state index is 5.80. The molecule has 1 aliphatic heterocycles. The van der Waals surface area contributed by atoms with Gasteiger partial charge in [-0.2, -0.15) is 0 Å². The molecule has 0 spiro atoms. The number of likely N-dealkylation sites (tertiary alicyclic amines) is 1. The summed E-state index contributed by atoms with van der Waals surface area (Å²) in [7, 11) is 0. The molecule has 0 saturated carbocycles. The molecular weight excluding hydrogens is 224 g/mol. The van der Waals surface area contributed by atoms with E-state index in [0.717, 1.165) is 18.0 Å². The van der Waals surface area contributed by atoms with Crippen molar-refractivity contribution < 1.29 is 0 Å². The normalized spacial score (nSPS) is 21.6. The molecule has 4 heteroatoms. The lowest BCUT2D eigenvalue weighted by atomic mass is 10.1. The van der Waals surface area contributed by atoms with E-state index >= 15 is 0 Å². The first-order chi connectivity index (χ1) is 8.47. The van der Waals surface area contributed by atoms with Crippen LogP contribution in [0.3, 0.4) is 0 Å². The number of nitrogens with two attached hydrogens (primary N) is 1. The minimum absolute atomic E-state index is 0.542. The van der Waals surface area contributed by atoms with Gasteiger partial charge in [0, 0.05) is 19.6 Å². The quantitative estimate of drug-likeness (QED) is 0.427. The Bertz CT molecular complexity index is 296. The van der Waals surface area contributed by atoms with Crippen molar-refractivity contribution in [3.8, 4) is 0 Å². The van der Waals surface area contributed by atoms with E-state index in [1.807, 2.05) is 6.92 Å². The summed E-state index contributed by atoms with van der Waals surface area (Å²) < 4.78 is 0. The molecule has 0 radical (unpaired) electrons. The molecular formula is C14H28N4. The minimum Gasteiger partial charge on any atom is -0.370 e. The molecule has 3 N–H and O–H groups in total. The molecule has 0 aromatic rings. The highest BCUT2D eigenvalue weighted by Crippen LogP contribution is 2.16. The summed E-state index contributed by atoms with van der Waals surface area (Å²) in [5.74, 6) is 1.99. The second-order valence-electron chi connectivity index (χ2n) is 5.85. The average molecular weight is 252 g/mol. The Morgan fingerprint density at radius 3 is 2.89 bits per heavy atom. The van der Waals surface area contributed by atoms with Gasteiger partial charge in [0.05, 0.1) is 6.54 Å². The number of rotatable bonds is 6. The molecule has 1 unspecified atom stereocenters. The molecule has 18 heavy (non-hydrogen) atoms. The fourth-order valence-electron chi connectivity index (χ4n) is 2.29. The topological polar surface area (TPSA) is 53.6 Å². The zero-order valence-electron chi connectivity index (χ0n) is 12.1. The molecule has 0 amide bonds. The molecule has 1 saturated heterocycles. The standard InChI is InChI=1S/C14H28N4/c1-11(2)7-16-14(15)17-8-13-5-6-18(10-13)9-12(3)4/h12-13H,1,5-10H2,2-4H3,(H3,15,16,17). The van der Waals surface area contributed by atoms with Gasteiger partial charge in [-0.15, -0.1) is 0 Å². The highest BCUT2D eigenvalue weighted by molar-refractivity contribution is 5.77. The van der Waals surface area contributed by atoms with Crippen molar-refractivity contribution >= 4 is 5.96 Å². The molecule has 1 aliphatic rings. The second kappa shape index (κ2) is 7.41. The van der Waals surface area contributed by atoms with Crippen LogP contribution in [0.4, 0.5) is 0 Å². The molecule has 1 heterocycles. The lowest BCUT2D eigenvalue weighted by Crippen LogP contribution is -2.36. The largest absolute Gasteiger partial charge is 0.370 e. The third-order valence-electron chi connectivity index (χ3n) is 3.08. The summed E-state index contributed by atoms with van der Waals surface area (Å²) in [4.78, 5) is 6.76. The van der Waals surface area contributed by atoms with Crippen LogP contribution in [-0.2, 0) is 0 Å². The molecule has 1 atom stereocenters. The van der Waals surface area contributed by atoms with Gasteiger partial charge in [-0.3, -0.25) is 0 Å². The van der Waals surface area contributed by atoms with Gasteiger partial charge >= 0.3 is 0 Å². The highest BCUT2D eigenvalue weighted by Gasteiger charge is 2.22. The van der Waals surface area contributed by atoms with Gasteiger partial charge in [0.1, 0.15) is 0 Å². The molecule has 0 aromatic heterocycles. The van der Waals surface area contributed by atoms with Crippen LogP contribution in [0.2, 0.25) is 0 Å². The molecule has 1 rings (SSSR count). The Morgan fingerprint density at radius 1 is 1.56 bits per heavy atom. The molecule has 104 valence electrons. The molecule has 0 aliphatic carbocycles. The van der Waals surface area contributed by atoms with Crippen molar-refractivity contribution in [2.24, 2.45) is 22.6 Å². The first kappa shape index (κ1) is 15.0. The fraction of sp³-hybridized carbons (Fsp3) is 0.786. The molecule has 1 fully saturated rings. The van der Waals surface area contributed by atoms with E-state index in [9.17, 15) is 0 Å². The van der Waals surface area contributed by atoms with Gasteiger partial charge in [-0.1, -0.05) is 26.0 Å². The van der Waals surface area contributed by atoms with Gasteiger partial charge < -0.3 is 16.0 Å². The van der Waals surface area contributed by atoms with Crippen LogP contribution < -0.4 is 11.1 Å². The van der Waals surface area contributed by atoms with Crippen LogP contribution >= 0.6 is 0 Å². The first-order valence-corrected chi connectivity index (χ1v) is 6.88. The summed E-state index contributed by atoms with van der Waals surface area (Å²) in [6.45, 7) is 15.4. The number of aliphatic imine (C=N–C) groups is 1. The SMILES string of the molecule is C=C(C)CN=C(N)NCC1CCN(CC(C)C)C1. The number of nitrogens with one attached hydrogen (secondary N) is 1. The number of guanidine groups is 1. The first-order valence-electron chi connectivity index (χ1n) is 6.88. The zero-order chi connectivity index (χ0) is 13.5. The van der Waals surface area contributed by atoms with Crippen LogP contribution in [0.25, 0.3) is 0 Å². The Labute approximate surface area is 111 Å². The lowest BCUT2D eigenvalue weighted by Gasteiger charge is -2.18.